The van der Waals surface area contributed by atoms with Crippen LogP contribution in [-0.4, -0.2) is 61.3 Å². The maximum atomic E-state index is 10.6. The van der Waals surface area contributed by atoms with Crippen LogP contribution in [0.3, 0.4) is 0 Å². The van der Waals surface area contributed by atoms with Crippen molar-refractivity contribution < 1.29 is 28.5 Å². The Balaban J connectivity index is 1.27. The van der Waals surface area contributed by atoms with Gasteiger partial charge in [0.25, 0.3) is 0 Å². The zero-order valence-corrected chi connectivity index (χ0v) is 19.6. The summed E-state index contributed by atoms with van der Waals surface area (Å²) in [5.74, 6) is 0.199. The van der Waals surface area contributed by atoms with Crippen LogP contribution in [0.15, 0.2) is 36.9 Å². The van der Waals surface area contributed by atoms with E-state index in [0.717, 1.165) is 5.56 Å². The number of hydrogen-bond acceptors (Lipinski definition) is 11. The van der Waals surface area contributed by atoms with Crippen molar-refractivity contribution >= 4 is 47.1 Å². The number of anilines is 1. The highest BCUT2D eigenvalue weighted by atomic mass is 35.5. The Kier molecular flexibility index (Phi) is 6.38. The molecule has 4 N–H and O–H groups in total. The van der Waals surface area contributed by atoms with E-state index in [-0.39, 0.29) is 18.5 Å². The van der Waals surface area contributed by atoms with Gasteiger partial charge in [-0.25, -0.2) is 15.0 Å². The molecule has 176 valence electrons. The monoisotopic (exact) mass is 513 g/mol. The predicted molar refractivity (Wildman–Crippen MR) is 122 cm³/mol. The van der Waals surface area contributed by atoms with E-state index >= 15 is 0 Å². The summed E-state index contributed by atoms with van der Waals surface area (Å²) in [7, 11) is 0. The van der Waals surface area contributed by atoms with Crippen LogP contribution in [0.4, 0.5) is 5.82 Å². The van der Waals surface area contributed by atoms with E-state index in [9.17, 15) is 10.2 Å². The lowest BCUT2D eigenvalue weighted by Crippen LogP contribution is -2.34. The molecule has 0 amide bonds. The SMILES string of the molecule is Nc1ncnc2c1ncn2[C@@H]1O[C@H](COP2(=S)OCCC(c3cccc(Cl)c3)O2)C(O)C1O. The largest absolute Gasteiger partial charge is 0.387 e. The molecular weight excluding hydrogens is 493 g/mol. The first kappa shape index (κ1) is 23.0. The minimum atomic E-state index is -3.11. The number of aliphatic hydroxyl groups excluding tert-OH is 2. The molecule has 2 aliphatic rings. The van der Waals surface area contributed by atoms with Gasteiger partial charge in [-0.1, -0.05) is 23.7 Å². The number of nitrogens with two attached hydrogens (primary N) is 1. The van der Waals surface area contributed by atoms with Crippen molar-refractivity contribution in [3.63, 3.8) is 0 Å². The topological polar surface area (TPSA) is 147 Å². The minimum Gasteiger partial charge on any atom is -0.387 e. The number of nitrogens with zero attached hydrogens (tertiary/aromatic N) is 4. The molecule has 0 radical (unpaired) electrons. The first-order chi connectivity index (χ1) is 15.8. The Labute approximate surface area is 198 Å². The van der Waals surface area contributed by atoms with Crippen molar-refractivity contribution in [2.24, 2.45) is 0 Å². The highest BCUT2D eigenvalue weighted by Crippen LogP contribution is 2.57. The first-order valence-corrected chi connectivity index (χ1v) is 13.1. The lowest BCUT2D eigenvalue weighted by molar-refractivity contribution is -0.0533. The average Bonchev–Trinajstić information content (AvgIpc) is 3.35. The van der Waals surface area contributed by atoms with Gasteiger partial charge < -0.3 is 34.3 Å². The molecule has 5 rings (SSSR count). The van der Waals surface area contributed by atoms with Crippen molar-refractivity contribution in [1.29, 1.82) is 0 Å². The number of imidazole rings is 1. The number of rotatable bonds is 5. The number of nitrogen functional groups attached to an aromatic ring is 1. The van der Waals surface area contributed by atoms with Gasteiger partial charge in [0, 0.05) is 11.4 Å². The summed E-state index contributed by atoms with van der Waals surface area (Å²) in [4.78, 5) is 12.2. The first-order valence-electron chi connectivity index (χ1n) is 10.1. The third kappa shape index (κ3) is 4.51. The summed E-state index contributed by atoms with van der Waals surface area (Å²) in [6.07, 6.45) is -1.37. The van der Waals surface area contributed by atoms with Crippen LogP contribution in [0.5, 0.6) is 0 Å². The maximum Gasteiger partial charge on any atom is 0.327 e. The zero-order valence-electron chi connectivity index (χ0n) is 17.1. The second-order valence-corrected chi connectivity index (χ2v) is 11.0. The fourth-order valence-corrected chi connectivity index (χ4v) is 6.14. The quantitative estimate of drug-likeness (QED) is 0.431. The molecule has 11 nitrogen and oxygen atoms in total. The summed E-state index contributed by atoms with van der Waals surface area (Å²) in [6, 6.07) is 7.33. The fourth-order valence-electron chi connectivity index (χ4n) is 3.83. The molecule has 3 aromatic rings. The van der Waals surface area contributed by atoms with Gasteiger partial charge in [0.05, 0.1) is 25.6 Å². The number of aromatic nitrogens is 4. The number of aliphatic hydroxyl groups is 2. The van der Waals surface area contributed by atoms with Gasteiger partial charge in [0.15, 0.2) is 17.7 Å². The molecule has 2 fully saturated rings. The summed E-state index contributed by atoms with van der Waals surface area (Å²) in [5.41, 5.74) is 7.44. The van der Waals surface area contributed by atoms with Crippen molar-refractivity contribution in [1.82, 2.24) is 19.5 Å². The van der Waals surface area contributed by atoms with Crippen molar-refractivity contribution in [3.8, 4) is 0 Å². The Morgan fingerprint density at radius 3 is 2.94 bits per heavy atom. The van der Waals surface area contributed by atoms with Gasteiger partial charge in [-0.15, -0.1) is 0 Å². The number of benzene rings is 1. The second kappa shape index (κ2) is 9.14. The van der Waals surface area contributed by atoms with E-state index in [1.807, 2.05) is 18.2 Å². The van der Waals surface area contributed by atoms with Crippen LogP contribution >= 0.6 is 18.3 Å². The molecule has 4 unspecified atom stereocenters. The van der Waals surface area contributed by atoms with Crippen LogP contribution in [0.2, 0.25) is 5.02 Å². The summed E-state index contributed by atoms with van der Waals surface area (Å²) < 4.78 is 24.8. The lowest BCUT2D eigenvalue weighted by Gasteiger charge is -2.32. The highest BCUT2D eigenvalue weighted by molar-refractivity contribution is 8.07. The van der Waals surface area contributed by atoms with E-state index in [4.69, 9.17) is 47.4 Å². The molecule has 0 spiro atoms. The number of ether oxygens (including phenoxy) is 1. The molecule has 2 aliphatic heterocycles. The number of hydrogen-bond donors (Lipinski definition) is 3. The third-order valence-electron chi connectivity index (χ3n) is 5.50. The number of fused-ring (bicyclic) bond motifs is 1. The Morgan fingerprint density at radius 2 is 2.12 bits per heavy atom. The van der Waals surface area contributed by atoms with Crippen LogP contribution in [0, 0.1) is 0 Å². The van der Waals surface area contributed by atoms with E-state index in [2.05, 4.69) is 15.0 Å². The van der Waals surface area contributed by atoms with Gasteiger partial charge >= 0.3 is 6.72 Å². The van der Waals surface area contributed by atoms with E-state index < -0.39 is 31.3 Å². The van der Waals surface area contributed by atoms with E-state index in [0.29, 0.717) is 29.2 Å². The zero-order chi connectivity index (χ0) is 23.2. The van der Waals surface area contributed by atoms with Gasteiger partial charge in [-0.05, 0) is 29.5 Å². The molecule has 0 aliphatic carbocycles. The van der Waals surface area contributed by atoms with Gasteiger partial charge in [-0.3, -0.25) is 4.57 Å². The van der Waals surface area contributed by atoms with E-state index in [1.165, 1.54) is 17.2 Å². The molecule has 33 heavy (non-hydrogen) atoms. The Hall–Kier alpha value is -1.73. The van der Waals surface area contributed by atoms with E-state index in [1.54, 1.807) is 6.07 Å². The Bertz CT molecular complexity index is 1220. The van der Waals surface area contributed by atoms with Gasteiger partial charge in [0.2, 0.25) is 0 Å². The molecule has 4 heterocycles. The lowest BCUT2D eigenvalue weighted by atomic mass is 10.1. The molecule has 1 aromatic carbocycles. The second-order valence-electron chi connectivity index (χ2n) is 7.64. The fraction of sp³-hybridized carbons (Fsp3) is 0.421. The minimum absolute atomic E-state index is 0.141. The number of halogens is 1. The van der Waals surface area contributed by atoms with Gasteiger partial charge in [0.1, 0.15) is 30.2 Å². The summed E-state index contributed by atoms with van der Waals surface area (Å²) >= 11 is 11.6. The van der Waals surface area contributed by atoms with Crippen LogP contribution in [0.1, 0.15) is 24.3 Å². The molecule has 14 heteroatoms. The normalized spacial score (nSPS) is 32.4. The van der Waals surface area contributed by atoms with Crippen LogP contribution in [0.25, 0.3) is 11.2 Å². The summed E-state index contributed by atoms with van der Waals surface area (Å²) in [5, 5.41) is 21.8. The van der Waals surface area contributed by atoms with Crippen molar-refractivity contribution in [2.45, 2.75) is 37.1 Å². The molecular formula is C19H21ClN5O6PS. The molecule has 0 saturated carbocycles. The highest BCUT2D eigenvalue weighted by Gasteiger charge is 2.45. The van der Waals surface area contributed by atoms with Crippen molar-refractivity contribution in [3.05, 3.63) is 47.5 Å². The Morgan fingerprint density at radius 1 is 1.27 bits per heavy atom. The van der Waals surface area contributed by atoms with Crippen molar-refractivity contribution in [2.75, 3.05) is 18.9 Å². The molecule has 2 aromatic heterocycles. The van der Waals surface area contributed by atoms with Crippen LogP contribution < -0.4 is 5.73 Å². The summed E-state index contributed by atoms with van der Waals surface area (Å²) in [6.45, 7) is -2.90. The predicted octanol–water partition coefficient (Wildman–Crippen LogP) is 2.10. The standard InChI is InChI=1S/C19H21ClN5O6PS/c20-11-3-1-2-10(6-11)12-4-5-28-32(33,31-12)29-7-13-15(26)16(27)19(30-13)25-9-24-14-17(21)22-8-23-18(14)25/h1-3,6,8-9,12-13,15-16,19,26-27H,4-5,7H2,(H2,21,22,23)/t12?,13-,15?,16?,19-,32?/m1/s1. The third-order valence-corrected chi connectivity index (χ3v) is 8.10. The molecule has 2 saturated heterocycles. The smallest absolute Gasteiger partial charge is 0.327 e. The van der Waals surface area contributed by atoms with Gasteiger partial charge in [-0.2, -0.15) is 0 Å². The molecule has 0 bridgehead atoms. The average molecular weight is 514 g/mol. The maximum absolute atomic E-state index is 10.6. The molecule has 6 atom stereocenters. The van der Waals surface area contributed by atoms with Crippen LogP contribution in [-0.2, 0) is 30.1 Å².